The standard InChI is InChI=1S/C16H26O3S/c1-5-13(3)11-15(6-2)12-19-20(17,18)16-9-7-14(4)8-10-16/h7-10,13,15H,5-6,11-12H2,1-4H3/t13-,15-/m1/s1. The zero-order valence-corrected chi connectivity index (χ0v) is 13.7. The van der Waals surface area contributed by atoms with Crippen LogP contribution in [0.15, 0.2) is 29.2 Å². The van der Waals surface area contributed by atoms with Crippen LogP contribution in [0.1, 0.15) is 45.6 Å². The van der Waals surface area contributed by atoms with Crippen LogP contribution >= 0.6 is 0 Å². The van der Waals surface area contributed by atoms with Crippen LogP contribution in [0.3, 0.4) is 0 Å². The third-order valence-corrected chi connectivity index (χ3v) is 5.07. The zero-order valence-electron chi connectivity index (χ0n) is 12.9. The SMILES string of the molecule is CC[C@@H](C)C[C@@H](CC)COS(=O)(=O)c1ccc(C)cc1. The van der Waals surface area contributed by atoms with Gasteiger partial charge in [0.2, 0.25) is 0 Å². The van der Waals surface area contributed by atoms with E-state index >= 15 is 0 Å². The van der Waals surface area contributed by atoms with Gasteiger partial charge < -0.3 is 0 Å². The topological polar surface area (TPSA) is 43.4 Å². The minimum Gasteiger partial charge on any atom is -0.266 e. The van der Waals surface area contributed by atoms with Crippen LogP contribution < -0.4 is 0 Å². The van der Waals surface area contributed by atoms with Crippen molar-refractivity contribution >= 4 is 10.1 Å². The van der Waals surface area contributed by atoms with Crippen molar-refractivity contribution in [1.29, 1.82) is 0 Å². The summed E-state index contributed by atoms with van der Waals surface area (Å²) in [5.41, 5.74) is 1.03. The molecular weight excluding hydrogens is 272 g/mol. The predicted octanol–water partition coefficient (Wildman–Crippen LogP) is 4.16. The highest BCUT2D eigenvalue weighted by Crippen LogP contribution is 2.21. The molecule has 1 aromatic carbocycles. The fraction of sp³-hybridized carbons (Fsp3) is 0.625. The Morgan fingerprint density at radius 2 is 1.70 bits per heavy atom. The van der Waals surface area contributed by atoms with Gasteiger partial charge in [0.25, 0.3) is 10.1 Å². The number of hydrogen-bond acceptors (Lipinski definition) is 3. The Hall–Kier alpha value is -0.870. The van der Waals surface area contributed by atoms with Crippen molar-refractivity contribution in [1.82, 2.24) is 0 Å². The first kappa shape index (κ1) is 17.2. The van der Waals surface area contributed by atoms with Gasteiger partial charge in [-0.05, 0) is 37.3 Å². The van der Waals surface area contributed by atoms with Crippen molar-refractivity contribution in [2.24, 2.45) is 11.8 Å². The largest absolute Gasteiger partial charge is 0.296 e. The van der Waals surface area contributed by atoms with Gasteiger partial charge in [-0.25, -0.2) is 0 Å². The van der Waals surface area contributed by atoms with Gasteiger partial charge in [0.05, 0.1) is 11.5 Å². The maximum Gasteiger partial charge on any atom is 0.296 e. The van der Waals surface area contributed by atoms with Crippen LogP contribution in [-0.2, 0) is 14.3 Å². The van der Waals surface area contributed by atoms with E-state index in [-0.39, 0.29) is 11.5 Å². The minimum atomic E-state index is -3.62. The van der Waals surface area contributed by atoms with Crippen molar-refractivity contribution in [2.75, 3.05) is 6.61 Å². The van der Waals surface area contributed by atoms with Crippen LogP contribution in [0.4, 0.5) is 0 Å². The molecule has 0 saturated carbocycles. The lowest BCUT2D eigenvalue weighted by atomic mass is 9.93. The Bertz CT molecular complexity index is 491. The second-order valence-electron chi connectivity index (χ2n) is 5.58. The second-order valence-corrected chi connectivity index (χ2v) is 7.19. The van der Waals surface area contributed by atoms with Crippen LogP contribution in [-0.4, -0.2) is 15.0 Å². The first-order valence-corrected chi connectivity index (χ1v) is 8.76. The van der Waals surface area contributed by atoms with Crippen molar-refractivity contribution in [3.8, 4) is 0 Å². The van der Waals surface area contributed by atoms with Crippen LogP contribution in [0.5, 0.6) is 0 Å². The van der Waals surface area contributed by atoms with E-state index in [2.05, 4.69) is 20.8 Å². The van der Waals surface area contributed by atoms with E-state index < -0.39 is 10.1 Å². The van der Waals surface area contributed by atoms with Crippen molar-refractivity contribution < 1.29 is 12.6 Å². The third-order valence-electron chi connectivity index (χ3n) is 3.78. The van der Waals surface area contributed by atoms with Crippen molar-refractivity contribution in [3.05, 3.63) is 29.8 Å². The maximum atomic E-state index is 12.1. The van der Waals surface area contributed by atoms with E-state index in [4.69, 9.17) is 4.18 Å². The molecule has 0 unspecified atom stereocenters. The molecule has 0 aromatic heterocycles. The second kappa shape index (κ2) is 7.79. The molecule has 0 aliphatic rings. The molecule has 114 valence electrons. The van der Waals surface area contributed by atoms with E-state index in [9.17, 15) is 8.42 Å². The highest BCUT2D eigenvalue weighted by Gasteiger charge is 2.18. The normalized spacial score (nSPS) is 15.0. The molecule has 4 heteroatoms. The van der Waals surface area contributed by atoms with Crippen LogP contribution in [0.25, 0.3) is 0 Å². The molecule has 20 heavy (non-hydrogen) atoms. The van der Waals surface area contributed by atoms with Crippen molar-refractivity contribution in [2.45, 2.75) is 51.9 Å². The average Bonchev–Trinajstić information content (AvgIpc) is 2.43. The Morgan fingerprint density at radius 3 is 2.20 bits per heavy atom. The lowest BCUT2D eigenvalue weighted by molar-refractivity contribution is 0.222. The van der Waals surface area contributed by atoms with Crippen LogP contribution in [0, 0.1) is 18.8 Å². The fourth-order valence-electron chi connectivity index (χ4n) is 2.05. The molecule has 3 nitrogen and oxygen atoms in total. The van der Waals surface area contributed by atoms with Crippen LogP contribution in [0.2, 0.25) is 0 Å². The maximum absolute atomic E-state index is 12.1. The highest BCUT2D eigenvalue weighted by molar-refractivity contribution is 7.86. The minimum absolute atomic E-state index is 0.237. The Labute approximate surface area is 123 Å². The molecule has 2 atom stereocenters. The molecule has 0 saturated heterocycles. The Kier molecular flexibility index (Phi) is 6.69. The number of hydrogen-bond donors (Lipinski definition) is 0. The van der Waals surface area contributed by atoms with Gasteiger partial charge in [-0.15, -0.1) is 0 Å². The van der Waals surface area contributed by atoms with E-state index in [0.29, 0.717) is 11.8 Å². The summed E-state index contributed by atoms with van der Waals surface area (Å²) in [6.07, 6.45) is 3.06. The third kappa shape index (κ3) is 5.25. The number of rotatable bonds is 8. The van der Waals surface area contributed by atoms with Crippen molar-refractivity contribution in [3.63, 3.8) is 0 Å². The van der Waals surface area contributed by atoms with E-state index in [1.54, 1.807) is 24.3 Å². The van der Waals surface area contributed by atoms with E-state index in [1.807, 2.05) is 6.92 Å². The van der Waals surface area contributed by atoms with Gasteiger partial charge in [0, 0.05) is 0 Å². The first-order valence-electron chi connectivity index (χ1n) is 7.35. The summed E-state index contributed by atoms with van der Waals surface area (Å²) in [5, 5.41) is 0. The van der Waals surface area contributed by atoms with E-state index in [1.165, 1.54) is 0 Å². The zero-order chi connectivity index (χ0) is 15.2. The summed E-state index contributed by atoms with van der Waals surface area (Å²) in [7, 11) is -3.62. The molecule has 0 amide bonds. The monoisotopic (exact) mass is 298 g/mol. The molecule has 0 spiro atoms. The molecular formula is C16H26O3S. The van der Waals surface area contributed by atoms with Gasteiger partial charge in [-0.3, -0.25) is 4.18 Å². The molecule has 1 rings (SSSR count). The lowest BCUT2D eigenvalue weighted by Gasteiger charge is -2.18. The first-order chi connectivity index (χ1) is 9.39. The summed E-state index contributed by atoms with van der Waals surface area (Å²) in [4.78, 5) is 0.237. The smallest absolute Gasteiger partial charge is 0.266 e. The lowest BCUT2D eigenvalue weighted by Crippen LogP contribution is -2.16. The van der Waals surface area contributed by atoms with Gasteiger partial charge in [0.1, 0.15) is 0 Å². The molecule has 0 N–H and O–H groups in total. The Morgan fingerprint density at radius 1 is 1.10 bits per heavy atom. The molecule has 0 heterocycles. The molecule has 0 aliphatic heterocycles. The Balaban J connectivity index is 2.64. The average molecular weight is 298 g/mol. The van der Waals surface area contributed by atoms with Gasteiger partial charge in [-0.1, -0.05) is 51.3 Å². The van der Waals surface area contributed by atoms with E-state index in [0.717, 1.165) is 24.8 Å². The van der Waals surface area contributed by atoms with Gasteiger partial charge in [0.15, 0.2) is 0 Å². The summed E-state index contributed by atoms with van der Waals surface area (Å²) in [5.74, 6) is 0.899. The predicted molar refractivity (Wildman–Crippen MR) is 82.2 cm³/mol. The molecule has 0 radical (unpaired) electrons. The van der Waals surface area contributed by atoms with Gasteiger partial charge >= 0.3 is 0 Å². The number of aryl methyl sites for hydroxylation is 1. The highest BCUT2D eigenvalue weighted by atomic mass is 32.2. The summed E-state index contributed by atoms with van der Waals surface area (Å²) in [6.45, 7) is 8.63. The fourth-order valence-corrected chi connectivity index (χ4v) is 3.02. The molecule has 0 bridgehead atoms. The molecule has 1 aromatic rings. The van der Waals surface area contributed by atoms with Gasteiger partial charge in [-0.2, -0.15) is 8.42 Å². The molecule has 0 aliphatic carbocycles. The summed E-state index contributed by atoms with van der Waals surface area (Å²) in [6, 6.07) is 6.76. The molecule has 0 fully saturated rings. The summed E-state index contributed by atoms with van der Waals surface area (Å²) < 4.78 is 29.4. The number of benzene rings is 1. The summed E-state index contributed by atoms with van der Waals surface area (Å²) >= 11 is 0. The quantitative estimate of drug-likeness (QED) is 0.677.